The molecule has 0 aromatic carbocycles. The third-order valence-electron chi connectivity index (χ3n) is 6.58. The van der Waals surface area contributed by atoms with Gasteiger partial charge in [-0.3, -0.25) is 0 Å². The number of rotatable bonds is 9. The van der Waals surface area contributed by atoms with E-state index in [1.54, 1.807) is 0 Å². The highest BCUT2D eigenvalue weighted by Crippen LogP contribution is 2.46. The van der Waals surface area contributed by atoms with Gasteiger partial charge in [0, 0.05) is 5.92 Å². The van der Waals surface area contributed by atoms with Gasteiger partial charge in [0.05, 0.1) is 24.9 Å². The lowest BCUT2D eigenvalue weighted by molar-refractivity contribution is 0.0883. The first-order valence-corrected chi connectivity index (χ1v) is 10.6. The Labute approximate surface area is 153 Å². The number of aliphatic hydroxyl groups excluding tert-OH is 2. The van der Waals surface area contributed by atoms with Crippen LogP contribution >= 0.6 is 0 Å². The average molecular weight is 349 g/mol. The molecule has 5 atom stereocenters. The third kappa shape index (κ3) is 5.18. The number of hydrogen-bond donors (Lipinski definition) is 2. The van der Waals surface area contributed by atoms with Gasteiger partial charge < -0.3 is 14.9 Å². The Balaban J connectivity index is 1.48. The zero-order chi connectivity index (χ0) is 17.5. The van der Waals surface area contributed by atoms with Crippen molar-refractivity contribution in [1.29, 1.82) is 0 Å². The SMILES string of the molecule is OCC=CCCCC[C@@H]1[C@H](C=CC(O)C2CCCCC2)[C@@H]2CC[C@H]1O2. The van der Waals surface area contributed by atoms with Crippen LogP contribution in [0, 0.1) is 17.8 Å². The summed E-state index contributed by atoms with van der Waals surface area (Å²) in [6.45, 7) is 0.149. The Morgan fingerprint density at radius 1 is 0.960 bits per heavy atom. The molecule has 2 bridgehead atoms. The monoisotopic (exact) mass is 348 g/mol. The Kier molecular flexibility index (Phi) is 7.57. The van der Waals surface area contributed by atoms with Crippen molar-refractivity contribution < 1.29 is 14.9 Å². The molecule has 3 aliphatic rings. The van der Waals surface area contributed by atoms with E-state index in [2.05, 4.69) is 18.2 Å². The first kappa shape index (κ1) is 19.1. The van der Waals surface area contributed by atoms with Gasteiger partial charge in [-0.25, -0.2) is 0 Å². The molecule has 3 rings (SSSR count). The quantitative estimate of drug-likeness (QED) is 0.480. The molecule has 3 nitrogen and oxygen atoms in total. The van der Waals surface area contributed by atoms with Crippen molar-refractivity contribution in [2.45, 2.75) is 88.9 Å². The maximum atomic E-state index is 10.5. The van der Waals surface area contributed by atoms with Crippen LogP contribution in [0.15, 0.2) is 24.3 Å². The maximum absolute atomic E-state index is 10.5. The van der Waals surface area contributed by atoms with Crippen LogP contribution in [0.4, 0.5) is 0 Å². The van der Waals surface area contributed by atoms with Crippen LogP contribution in [0.5, 0.6) is 0 Å². The van der Waals surface area contributed by atoms with Gasteiger partial charge in [-0.15, -0.1) is 0 Å². The van der Waals surface area contributed by atoms with Gasteiger partial charge in [-0.1, -0.05) is 50.0 Å². The van der Waals surface area contributed by atoms with E-state index in [0.717, 1.165) is 6.42 Å². The van der Waals surface area contributed by atoms with E-state index in [1.165, 1.54) is 64.2 Å². The largest absolute Gasteiger partial charge is 0.392 e. The van der Waals surface area contributed by atoms with E-state index in [1.807, 2.05) is 6.08 Å². The normalized spacial score (nSPS) is 34.5. The van der Waals surface area contributed by atoms with Gasteiger partial charge in [-0.2, -0.15) is 0 Å². The van der Waals surface area contributed by atoms with Crippen molar-refractivity contribution in [3.8, 4) is 0 Å². The molecule has 2 saturated heterocycles. The van der Waals surface area contributed by atoms with E-state index in [4.69, 9.17) is 9.84 Å². The number of aliphatic hydroxyl groups is 2. The molecule has 142 valence electrons. The molecule has 1 unspecified atom stereocenters. The molecular formula is C22H36O3. The van der Waals surface area contributed by atoms with Crippen molar-refractivity contribution in [2.24, 2.45) is 17.8 Å². The molecule has 0 spiro atoms. The van der Waals surface area contributed by atoms with Gasteiger partial charge >= 0.3 is 0 Å². The van der Waals surface area contributed by atoms with Crippen LogP contribution in [0.25, 0.3) is 0 Å². The summed E-state index contributed by atoms with van der Waals surface area (Å²) in [5.41, 5.74) is 0. The summed E-state index contributed by atoms with van der Waals surface area (Å²) in [6, 6.07) is 0. The highest BCUT2D eigenvalue weighted by Gasteiger charge is 2.47. The number of hydrogen-bond acceptors (Lipinski definition) is 3. The van der Waals surface area contributed by atoms with Gasteiger partial charge in [0.25, 0.3) is 0 Å². The van der Waals surface area contributed by atoms with Crippen molar-refractivity contribution in [2.75, 3.05) is 6.61 Å². The molecule has 1 aliphatic carbocycles. The Hall–Kier alpha value is -0.640. The fourth-order valence-electron chi connectivity index (χ4n) is 5.17. The Bertz CT molecular complexity index is 439. The molecule has 2 aliphatic heterocycles. The van der Waals surface area contributed by atoms with E-state index in [9.17, 15) is 5.11 Å². The van der Waals surface area contributed by atoms with Crippen molar-refractivity contribution in [1.82, 2.24) is 0 Å². The fourth-order valence-corrected chi connectivity index (χ4v) is 5.17. The minimum absolute atomic E-state index is 0.149. The molecule has 0 aromatic rings. The number of unbranched alkanes of at least 4 members (excludes halogenated alkanes) is 2. The predicted octanol–water partition coefficient (Wildman–Crippen LogP) is 4.39. The average Bonchev–Trinajstić information content (AvgIpc) is 3.25. The molecule has 1 saturated carbocycles. The zero-order valence-corrected chi connectivity index (χ0v) is 15.6. The summed E-state index contributed by atoms with van der Waals surface area (Å²) in [5.74, 6) is 1.61. The first-order chi connectivity index (χ1) is 12.3. The fraction of sp³-hybridized carbons (Fsp3) is 0.818. The van der Waals surface area contributed by atoms with Gasteiger partial charge in [-0.05, 0) is 56.8 Å². The summed E-state index contributed by atoms with van der Waals surface area (Å²) in [4.78, 5) is 0. The first-order valence-electron chi connectivity index (χ1n) is 10.6. The van der Waals surface area contributed by atoms with Gasteiger partial charge in [0.1, 0.15) is 0 Å². The molecular weight excluding hydrogens is 312 g/mol. The summed E-state index contributed by atoms with van der Waals surface area (Å²) in [7, 11) is 0. The second-order valence-corrected chi connectivity index (χ2v) is 8.24. The van der Waals surface area contributed by atoms with Crippen LogP contribution in [-0.2, 0) is 4.74 Å². The summed E-state index contributed by atoms with van der Waals surface area (Å²) in [5, 5.41) is 19.3. The van der Waals surface area contributed by atoms with E-state index in [-0.39, 0.29) is 12.7 Å². The van der Waals surface area contributed by atoms with Crippen molar-refractivity contribution in [3.05, 3.63) is 24.3 Å². The summed E-state index contributed by atoms with van der Waals surface area (Å²) in [6.07, 6.45) is 22.2. The maximum Gasteiger partial charge on any atom is 0.0749 e. The molecule has 0 aromatic heterocycles. The standard InChI is InChI=1S/C22H36O3/c23-16-8-3-1-2-7-11-18-19(22-15-14-21(18)25-22)12-13-20(24)17-9-5-4-6-10-17/h3,8,12-13,17-24H,1-2,4-7,9-11,14-16H2/t18-,19+,20?,21-,22+/m1/s1. The molecule has 25 heavy (non-hydrogen) atoms. The minimum Gasteiger partial charge on any atom is -0.392 e. The second-order valence-electron chi connectivity index (χ2n) is 8.24. The van der Waals surface area contributed by atoms with Gasteiger partial charge in [0.2, 0.25) is 0 Å². The molecule has 2 heterocycles. The Morgan fingerprint density at radius 2 is 1.76 bits per heavy atom. The smallest absolute Gasteiger partial charge is 0.0749 e. The van der Waals surface area contributed by atoms with Crippen LogP contribution in [0.1, 0.15) is 70.6 Å². The van der Waals surface area contributed by atoms with Crippen molar-refractivity contribution in [3.63, 3.8) is 0 Å². The molecule has 2 N–H and O–H groups in total. The number of allylic oxidation sites excluding steroid dienone is 1. The minimum atomic E-state index is -0.260. The second kappa shape index (κ2) is 9.89. The third-order valence-corrected chi connectivity index (χ3v) is 6.58. The van der Waals surface area contributed by atoms with Crippen LogP contribution < -0.4 is 0 Å². The van der Waals surface area contributed by atoms with Gasteiger partial charge in [0.15, 0.2) is 0 Å². The van der Waals surface area contributed by atoms with Crippen LogP contribution in [0.2, 0.25) is 0 Å². The summed E-state index contributed by atoms with van der Waals surface area (Å²) < 4.78 is 6.19. The van der Waals surface area contributed by atoms with Crippen LogP contribution in [0.3, 0.4) is 0 Å². The molecule has 3 fully saturated rings. The van der Waals surface area contributed by atoms with Crippen molar-refractivity contribution >= 4 is 0 Å². The lowest BCUT2D eigenvalue weighted by Gasteiger charge is -2.27. The summed E-state index contributed by atoms with van der Waals surface area (Å²) >= 11 is 0. The van der Waals surface area contributed by atoms with E-state index in [0.29, 0.717) is 30.0 Å². The molecule has 0 amide bonds. The highest BCUT2D eigenvalue weighted by molar-refractivity contribution is 5.07. The lowest BCUT2D eigenvalue weighted by atomic mass is 9.76. The molecule has 3 heteroatoms. The molecule has 0 radical (unpaired) electrons. The lowest BCUT2D eigenvalue weighted by Crippen LogP contribution is -2.27. The number of fused-ring (bicyclic) bond motifs is 2. The van der Waals surface area contributed by atoms with Crippen LogP contribution in [-0.4, -0.2) is 35.1 Å². The predicted molar refractivity (Wildman–Crippen MR) is 101 cm³/mol. The van der Waals surface area contributed by atoms with E-state index >= 15 is 0 Å². The van der Waals surface area contributed by atoms with E-state index < -0.39 is 0 Å². The highest BCUT2D eigenvalue weighted by atomic mass is 16.5. The topological polar surface area (TPSA) is 49.7 Å². The number of ether oxygens (including phenoxy) is 1. The zero-order valence-electron chi connectivity index (χ0n) is 15.6. The Morgan fingerprint density at radius 3 is 2.56 bits per heavy atom.